The van der Waals surface area contributed by atoms with Crippen LogP contribution in [0.1, 0.15) is 5.56 Å². The van der Waals surface area contributed by atoms with Crippen LogP contribution in [0.15, 0.2) is 18.2 Å². The molecular formula is C10H14ClN3O2. The lowest BCUT2D eigenvalue weighted by Crippen LogP contribution is -2.24. The number of hydrogen-bond donors (Lipinski definition) is 1. The van der Waals surface area contributed by atoms with Crippen molar-refractivity contribution in [2.45, 2.75) is 6.54 Å². The Kier molecular flexibility index (Phi) is 4.67. The zero-order chi connectivity index (χ0) is 12.1. The summed E-state index contributed by atoms with van der Waals surface area (Å²) in [5.74, 6) is 0. The molecule has 6 heteroatoms. The van der Waals surface area contributed by atoms with Gasteiger partial charge in [0.05, 0.1) is 4.92 Å². The Bertz CT molecular complexity index is 384. The van der Waals surface area contributed by atoms with Crippen LogP contribution in [0.4, 0.5) is 5.69 Å². The molecule has 0 aliphatic rings. The van der Waals surface area contributed by atoms with Gasteiger partial charge < -0.3 is 10.6 Å². The summed E-state index contributed by atoms with van der Waals surface area (Å²) in [6.45, 7) is 1.93. The Morgan fingerprint density at radius 2 is 2.25 bits per heavy atom. The fourth-order valence-corrected chi connectivity index (χ4v) is 1.59. The largest absolute Gasteiger partial charge is 0.329 e. The molecule has 1 aromatic rings. The molecule has 0 aliphatic heterocycles. The molecule has 0 atom stereocenters. The number of nitro benzene ring substituents is 1. The van der Waals surface area contributed by atoms with Gasteiger partial charge in [-0.1, -0.05) is 17.7 Å². The van der Waals surface area contributed by atoms with E-state index in [1.165, 1.54) is 6.07 Å². The highest BCUT2D eigenvalue weighted by molar-refractivity contribution is 6.32. The van der Waals surface area contributed by atoms with Crippen LogP contribution in [0.3, 0.4) is 0 Å². The maximum Gasteiger partial charge on any atom is 0.288 e. The van der Waals surface area contributed by atoms with Gasteiger partial charge in [0.15, 0.2) is 0 Å². The number of nitro groups is 1. The first-order chi connectivity index (χ1) is 7.54. The lowest BCUT2D eigenvalue weighted by atomic mass is 10.2. The highest BCUT2D eigenvalue weighted by Crippen LogP contribution is 2.25. The number of rotatable bonds is 5. The Balaban J connectivity index is 2.82. The minimum atomic E-state index is -0.477. The summed E-state index contributed by atoms with van der Waals surface area (Å²) >= 11 is 5.71. The van der Waals surface area contributed by atoms with Crippen LogP contribution in [0.25, 0.3) is 0 Å². The highest BCUT2D eigenvalue weighted by atomic mass is 35.5. The van der Waals surface area contributed by atoms with Crippen molar-refractivity contribution in [1.29, 1.82) is 0 Å². The fraction of sp³-hybridized carbons (Fsp3) is 0.400. The van der Waals surface area contributed by atoms with Gasteiger partial charge in [-0.2, -0.15) is 0 Å². The molecule has 0 unspecified atom stereocenters. The highest BCUT2D eigenvalue weighted by Gasteiger charge is 2.13. The first kappa shape index (κ1) is 12.9. The molecule has 0 fully saturated rings. The van der Waals surface area contributed by atoms with Crippen LogP contribution in [-0.4, -0.2) is 30.0 Å². The first-order valence-corrected chi connectivity index (χ1v) is 5.24. The minimum Gasteiger partial charge on any atom is -0.329 e. The van der Waals surface area contributed by atoms with Crippen molar-refractivity contribution in [1.82, 2.24) is 4.90 Å². The van der Waals surface area contributed by atoms with E-state index in [4.69, 9.17) is 17.3 Å². The van der Waals surface area contributed by atoms with Crippen LogP contribution in [-0.2, 0) is 6.54 Å². The summed E-state index contributed by atoms with van der Waals surface area (Å²) < 4.78 is 0. The van der Waals surface area contributed by atoms with Crippen LogP contribution < -0.4 is 5.73 Å². The van der Waals surface area contributed by atoms with E-state index in [9.17, 15) is 10.1 Å². The molecule has 0 radical (unpaired) electrons. The molecule has 88 valence electrons. The molecular weight excluding hydrogens is 230 g/mol. The van der Waals surface area contributed by atoms with E-state index in [0.29, 0.717) is 13.1 Å². The van der Waals surface area contributed by atoms with E-state index in [1.54, 1.807) is 12.1 Å². The number of likely N-dealkylation sites (N-methyl/N-ethyl adjacent to an activating group) is 1. The van der Waals surface area contributed by atoms with Crippen molar-refractivity contribution in [2.24, 2.45) is 5.73 Å². The van der Waals surface area contributed by atoms with Gasteiger partial charge in [-0.25, -0.2) is 0 Å². The Hall–Kier alpha value is -1.17. The van der Waals surface area contributed by atoms with Crippen LogP contribution >= 0.6 is 11.6 Å². The fourth-order valence-electron chi connectivity index (χ4n) is 1.41. The topological polar surface area (TPSA) is 72.4 Å². The number of benzene rings is 1. The zero-order valence-electron chi connectivity index (χ0n) is 9.02. The molecule has 0 amide bonds. The molecule has 0 saturated carbocycles. The predicted octanol–water partition coefficient (Wildman–Crippen LogP) is 1.64. The Morgan fingerprint density at radius 3 is 2.81 bits per heavy atom. The third-order valence-corrected chi connectivity index (χ3v) is 2.49. The van der Waals surface area contributed by atoms with E-state index in [2.05, 4.69) is 0 Å². The maximum atomic E-state index is 10.7. The van der Waals surface area contributed by atoms with E-state index < -0.39 is 4.92 Å². The molecule has 0 aromatic heterocycles. The van der Waals surface area contributed by atoms with Gasteiger partial charge in [-0.3, -0.25) is 10.1 Å². The molecule has 5 nitrogen and oxygen atoms in total. The Morgan fingerprint density at radius 1 is 1.56 bits per heavy atom. The molecule has 0 spiro atoms. The van der Waals surface area contributed by atoms with Gasteiger partial charge >= 0.3 is 0 Å². The number of hydrogen-bond acceptors (Lipinski definition) is 4. The molecule has 0 aliphatic carbocycles. The summed E-state index contributed by atoms with van der Waals surface area (Å²) in [6.07, 6.45) is 0. The zero-order valence-corrected chi connectivity index (χ0v) is 9.78. The lowest BCUT2D eigenvalue weighted by Gasteiger charge is -2.15. The average molecular weight is 244 g/mol. The van der Waals surface area contributed by atoms with E-state index >= 15 is 0 Å². The van der Waals surface area contributed by atoms with Gasteiger partial charge in [0.25, 0.3) is 5.69 Å². The molecule has 0 heterocycles. The van der Waals surface area contributed by atoms with Gasteiger partial charge in [-0.15, -0.1) is 0 Å². The van der Waals surface area contributed by atoms with Crippen LogP contribution in [0.5, 0.6) is 0 Å². The monoisotopic (exact) mass is 243 g/mol. The van der Waals surface area contributed by atoms with Crippen molar-refractivity contribution in [3.05, 3.63) is 38.9 Å². The third kappa shape index (κ3) is 3.44. The van der Waals surface area contributed by atoms with Crippen molar-refractivity contribution >= 4 is 17.3 Å². The SMILES string of the molecule is CN(CCN)Cc1ccc(Cl)c([N+](=O)[O-])c1. The van der Waals surface area contributed by atoms with Gasteiger partial charge in [0.2, 0.25) is 0 Å². The average Bonchev–Trinajstić information content (AvgIpc) is 2.21. The summed E-state index contributed by atoms with van der Waals surface area (Å²) in [5.41, 5.74) is 6.21. The van der Waals surface area contributed by atoms with Gasteiger partial charge in [0, 0.05) is 25.7 Å². The third-order valence-electron chi connectivity index (χ3n) is 2.17. The smallest absolute Gasteiger partial charge is 0.288 e. The molecule has 0 saturated heterocycles. The van der Waals surface area contributed by atoms with Crippen molar-refractivity contribution in [3.63, 3.8) is 0 Å². The Labute approximate surface area is 98.9 Å². The summed E-state index contributed by atoms with van der Waals surface area (Å²) in [6, 6.07) is 4.82. The predicted molar refractivity (Wildman–Crippen MR) is 63.5 cm³/mol. The second-order valence-corrected chi connectivity index (χ2v) is 3.98. The molecule has 1 rings (SSSR count). The maximum absolute atomic E-state index is 10.7. The number of nitrogens with two attached hydrogens (primary N) is 1. The van der Waals surface area contributed by atoms with E-state index in [0.717, 1.165) is 12.1 Å². The van der Waals surface area contributed by atoms with Crippen LogP contribution in [0.2, 0.25) is 5.02 Å². The molecule has 1 aromatic carbocycles. The lowest BCUT2D eigenvalue weighted by molar-refractivity contribution is -0.384. The molecule has 2 N–H and O–H groups in total. The normalized spacial score (nSPS) is 10.8. The van der Waals surface area contributed by atoms with Crippen LogP contribution in [0, 0.1) is 10.1 Å². The second kappa shape index (κ2) is 5.79. The van der Waals surface area contributed by atoms with Crippen molar-refractivity contribution in [2.75, 3.05) is 20.1 Å². The molecule has 16 heavy (non-hydrogen) atoms. The van der Waals surface area contributed by atoms with E-state index in [1.807, 2.05) is 11.9 Å². The summed E-state index contributed by atoms with van der Waals surface area (Å²) in [4.78, 5) is 12.2. The van der Waals surface area contributed by atoms with Crippen molar-refractivity contribution in [3.8, 4) is 0 Å². The second-order valence-electron chi connectivity index (χ2n) is 3.57. The van der Waals surface area contributed by atoms with Crippen molar-refractivity contribution < 1.29 is 4.92 Å². The van der Waals surface area contributed by atoms with Gasteiger partial charge in [0.1, 0.15) is 5.02 Å². The quantitative estimate of drug-likeness (QED) is 0.630. The van der Waals surface area contributed by atoms with Gasteiger partial charge in [-0.05, 0) is 18.7 Å². The number of halogens is 1. The summed E-state index contributed by atoms with van der Waals surface area (Å²) in [7, 11) is 1.91. The molecule has 0 bridgehead atoms. The summed E-state index contributed by atoms with van der Waals surface area (Å²) in [5, 5.41) is 10.8. The minimum absolute atomic E-state index is 0.0553. The first-order valence-electron chi connectivity index (χ1n) is 4.86. The standard InChI is InChI=1S/C10H14ClN3O2/c1-13(5-4-12)7-8-2-3-9(11)10(6-8)14(15)16/h2-3,6H,4-5,7,12H2,1H3. The van der Waals surface area contributed by atoms with E-state index in [-0.39, 0.29) is 10.7 Å². The number of nitrogens with zero attached hydrogens (tertiary/aromatic N) is 2.